The number of ether oxygens (including phenoxy) is 1. The lowest BCUT2D eigenvalue weighted by molar-refractivity contribution is -0.274. The van der Waals surface area contributed by atoms with E-state index < -0.39 is 12.3 Å². The zero-order valence-electron chi connectivity index (χ0n) is 16.6. The van der Waals surface area contributed by atoms with E-state index in [2.05, 4.69) is 30.2 Å². The Morgan fingerprint density at radius 1 is 1.10 bits per heavy atom. The first kappa shape index (κ1) is 21.7. The third kappa shape index (κ3) is 6.50. The second kappa shape index (κ2) is 9.64. The van der Waals surface area contributed by atoms with Crippen molar-refractivity contribution in [2.75, 3.05) is 36.4 Å². The number of carbonyl (C=O) groups excluding carboxylic acids is 1. The van der Waals surface area contributed by atoms with E-state index in [1.165, 1.54) is 18.6 Å². The summed E-state index contributed by atoms with van der Waals surface area (Å²) in [6, 6.07) is 6.72. The van der Waals surface area contributed by atoms with Gasteiger partial charge in [0.05, 0.1) is 0 Å². The molecule has 0 aliphatic carbocycles. The van der Waals surface area contributed by atoms with Gasteiger partial charge in [-0.25, -0.2) is 4.98 Å². The van der Waals surface area contributed by atoms with Crippen LogP contribution in [0, 0.1) is 6.92 Å². The van der Waals surface area contributed by atoms with E-state index in [-0.39, 0.29) is 11.3 Å². The van der Waals surface area contributed by atoms with Crippen LogP contribution in [0.25, 0.3) is 0 Å². The van der Waals surface area contributed by atoms with Crippen molar-refractivity contribution in [2.24, 2.45) is 0 Å². The molecule has 0 spiro atoms. The molecule has 1 aromatic heterocycles. The number of alkyl halides is 3. The van der Waals surface area contributed by atoms with Crippen LogP contribution in [0.3, 0.4) is 0 Å². The van der Waals surface area contributed by atoms with Crippen LogP contribution in [0.4, 0.5) is 24.9 Å². The lowest BCUT2D eigenvalue weighted by atomic mass is 10.1. The quantitative estimate of drug-likeness (QED) is 0.664. The highest BCUT2D eigenvalue weighted by molar-refractivity contribution is 5.94. The summed E-state index contributed by atoms with van der Waals surface area (Å²) in [6.07, 6.45) is -1.22. The number of aryl methyl sites for hydroxylation is 1. The molecule has 2 aromatic rings. The van der Waals surface area contributed by atoms with Gasteiger partial charge in [0.25, 0.3) is 5.91 Å². The number of nitrogens with one attached hydrogen (secondary N) is 2. The molecule has 1 saturated heterocycles. The van der Waals surface area contributed by atoms with Crippen LogP contribution in [0.1, 0.15) is 35.3 Å². The molecule has 1 aliphatic rings. The summed E-state index contributed by atoms with van der Waals surface area (Å²) >= 11 is 0. The van der Waals surface area contributed by atoms with E-state index in [1.807, 2.05) is 13.0 Å². The lowest BCUT2D eigenvalue weighted by Gasteiger charge is -2.28. The van der Waals surface area contributed by atoms with Crippen molar-refractivity contribution in [3.8, 4) is 5.75 Å². The van der Waals surface area contributed by atoms with E-state index in [9.17, 15) is 18.0 Å². The minimum absolute atomic E-state index is 0.240. The molecular weight excluding hydrogens is 399 g/mol. The Balaban J connectivity index is 1.47. The number of halogens is 3. The summed E-state index contributed by atoms with van der Waals surface area (Å²) in [5.74, 6) is 0.629. The predicted molar refractivity (Wildman–Crippen MR) is 107 cm³/mol. The van der Waals surface area contributed by atoms with Crippen LogP contribution in [0.15, 0.2) is 30.3 Å². The highest BCUT2D eigenvalue weighted by Crippen LogP contribution is 2.23. The molecular formula is C20H24F3N5O2. The molecule has 2 N–H and O–H groups in total. The van der Waals surface area contributed by atoms with E-state index in [0.29, 0.717) is 19.0 Å². The summed E-state index contributed by atoms with van der Waals surface area (Å²) in [6.45, 7) is 4.59. The number of amides is 1. The number of piperidine rings is 1. The molecule has 0 bridgehead atoms. The van der Waals surface area contributed by atoms with Crippen LogP contribution in [0.5, 0.6) is 5.75 Å². The normalized spacial score (nSPS) is 14.3. The van der Waals surface area contributed by atoms with Gasteiger partial charge >= 0.3 is 6.36 Å². The first-order valence-electron chi connectivity index (χ1n) is 9.79. The number of nitrogens with zero attached hydrogens (tertiary/aromatic N) is 3. The van der Waals surface area contributed by atoms with Gasteiger partial charge in [0.1, 0.15) is 11.6 Å². The summed E-state index contributed by atoms with van der Waals surface area (Å²) in [5.41, 5.74) is 1.10. The van der Waals surface area contributed by atoms with Crippen molar-refractivity contribution in [1.82, 2.24) is 15.3 Å². The van der Waals surface area contributed by atoms with Crippen LogP contribution in [-0.4, -0.2) is 48.4 Å². The molecule has 2 heterocycles. The average Bonchev–Trinajstić information content (AvgIpc) is 2.71. The van der Waals surface area contributed by atoms with Gasteiger partial charge in [0.15, 0.2) is 0 Å². The molecule has 0 saturated carbocycles. The Bertz CT molecular complexity index is 853. The number of carbonyl (C=O) groups is 1. The number of anilines is 2. The van der Waals surface area contributed by atoms with Crippen molar-refractivity contribution in [3.63, 3.8) is 0 Å². The lowest BCUT2D eigenvalue weighted by Crippen LogP contribution is -2.31. The molecule has 1 amide bonds. The highest BCUT2D eigenvalue weighted by Gasteiger charge is 2.31. The van der Waals surface area contributed by atoms with Crippen LogP contribution in [0.2, 0.25) is 0 Å². The average molecular weight is 423 g/mol. The zero-order chi connectivity index (χ0) is 21.6. The van der Waals surface area contributed by atoms with Gasteiger partial charge in [-0.2, -0.15) is 4.98 Å². The van der Waals surface area contributed by atoms with Crippen LogP contribution < -0.4 is 20.3 Å². The molecule has 3 rings (SSSR count). The fraction of sp³-hybridized carbons (Fsp3) is 0.450. The number of benzene rings is 1. The first-order valence-corrected chi connectivity index (χ1v) is 9.79. The maximum Gasteiger partial charge on any atom is 0.573 e. The third-order valence-corrected chi connectivity index (χ3v) is 4.56. The van der Waals surface area contributed by atoms with E-state index in [4.69, 9.17) is 0 Å². The van der Waals surface area contributed by atoms with E-state index >= 15 is 0 Å². The molecule has 30 heavy (non-hydrogen) atoms. The standard InChI is InChI=1S/C20H24F3N5O2/c1-14-13-17(28-11-3-2-4-12-28)27-19(26-14)25-10-9-24-18(29)15-5-7-16(8-6-15)30-20(21,22)23/h5-8,13H,2-4,9-12H2,1H3,(H,24,29)(H,25,26,27). The third-order valence-electron chi connectivity index (χ3n) is 4.56. The minimum atomic E-state index is -4.76. The smallest absolute Gasteiger partial charge is 0.406 e. The van der Waals surface area contributed by atoms with E-state index in [0.717, 1.165) is 49.6 Å². The van der Waals surface area contributed by atoms with Gasteiger partial charge in [-0.05, 0) is 50.5 Å². The van der Waals surface area contributed by atoms with Crippen molar-refractivity contribution in [1.29, 1.82) is 0 Å². The van der Waals surface area contributed by atoms with Gasteiger partial charge in [-0.3, -0.25) is 4.79 Å². The minimum Gasteiger partial charge on any atom is -0.406 e. The topological polar surface area (TPSA) is 79.4 Å². The predicted octanol–water partition coefficient (Wildman–Crippen LogP) is 3.52. The molecule has 1 fully saturated rings. The molecule has 0 atom stereocenters. The number of hydrogen-bond donors (Lipinski definition) is 2. The van der Waals surface area contributed by atoms with Gasteiger partial charge in [0.2, 0.25) is 5.95 Å². The summed E-state index contributed by atoms with van der Waals surface area (Å²) in [5, 5.41) is 5.80. The van der Waals surface area contributed by atoms with Crippen molar-refractivity contribution >= 4 is 17.7 Å². The van der Waals surface area contributed by atoms with E-state index in [1.54, 1.807) is 0 Å². The van der Waals surface area contributed by atoms with Gasteiger partial charge in [0, 0.05) is 43.5 Å². The zero-order valence-corrected chi connectivity index (χ0v) is 16.6. The summed E-state index contributed by atoms with van der Waals surface area (Å²) < 4.78 is 40.3. The molecule has 7 nitrogen and oxygen atoms in total. The molecule has 0 radical (unpaired) electrons. The summed E-state index contributed by atoms with van der Waals surface area (Å²) in [7, 11) is 0. The molecule has 1 aromatic carbocycles. The first-order chi connectivity index (χ1) is 14.3. The number of rotatable bonds is 7. The fourth-order valence-electron chi connectivity index (χ4n) is 3.18. The number of hydrogen-bond acceptors (Lipinski definition) is 6. The van der Waals surface area contributed by atoms with Crippen molar-refractivity contribution < 1.29 is 22.7 Å². The molecule has 1 aliphatic heterocycles. The van der Waals surface area contributed by atoms with Crippen LogP contribution >= 0.6 is 0 Å². The van der Waals surface area contributed by atoms with Crippen molar-refractivity contribution in [2.45, 2.75) is 32.5 Å². The maximum absolute atomic E-state index is 12.2. The van der Waals surface area contributed by atoms with Crippen molar-refractivity contribution in [3.05, 3.63) is 41.6 Å². The van der Waals surface area contributed by atoms with Crippen LogP contribution in [-0.2, 0) is 0 Å². The van der Waals surface area contributed by atoms with Gasteiger partial charge < -0.3 is 20.3 Å². The Morgan fingerprint density at radius 3 is 2.47 bits per heavy atom. The SMILES string of the molecule is Cc1cc(N2CCCCC2)nc(NCCNC(=O)c2ccc(OC(F)(F)F)cc2)n1. The number of aromatic nitrogens is 2. The van der Waals surface area contributed by atoms with Gasteiger partial charge in [-0.15, -0.1) is 13.2 Å². The Morgan fingerprint density at radius 2 is 1.80 bits per heavy atom. The summed E-state index contributed by atoms with van der Waals surface area (Å²) in [4.78, 5) is 23.3. The van der Waals surface area contributed by atoms with Gasteiger partial charge in [-0.1, -0.05) is 0 Å². The second-order valence-electron chi connectivity index (χ2n) is 6.99. The highest BCUT2D eigenvalue weighted by atomic mass is 19.4. The molecule has 0 unspecified atom stereocenters. The monoisotopic (exact) mass is 423 g/mol. The largest absolute Gasteiger partial charge is 0.573 e. The molecule has 162 valence electrons. The fourth-order valence-corrected chi connectivity index (χ4v) is 3.18. The Kier molecular flexibility index (Phi) is 6.96. The maximum atomic E-state index is 12.2. The second-order valence-corrected chi connectivity index (χ2v) is 6.99. The Labute approximate surface area is 172 Å². The Hall–Kier alpha value is -3.04. The molecule has 10 heteroatoms.